The van der Waals surface area contributed by atoms with Gasteiger partial charge in [0.15, 0.2) is 6.61 Å². The van der Waals surface area contributed by atoms with E-state index in [-0.39, 0.29) is 33.2 Å². The molecule has 0 aliphatic rings. The summed E-state index contributed by atoms with van der Waals surface area (Å²) in [5, 5.41) is 8.84. The Morgan fingerprint density at radius 3 is 1.84 bits per heavy atom. The van der Waals surface area contributed by atoms with Gasteiger partial charge in [-0.15, -0.1) is 38.1 Å². The molecule has 0 saturated heterocycles. The van der Waals surface area contributed by atoms with E-state index in [0.717, 1.165) is 23.9 Å². The van der Waals surface area contributed by atoms with E-state index < -0.39 is 36.8 Å². The number of carbonyl (C=O) groups is 1. The summed E-state index contributed by atoms with van der Waals surface area (Å²) in [6.07, 6.45) is -8.65. The van der Waals surface area contributed by atoms with Crippen molar-refractivity contribution in [2.24, 2.45) is 0 Å². The minimum Gasteiger partial charge on any atom is -0.480 e. The number of thioether (sulfide) groups is 1. The zero-order valence-corrected chi connectivity index (χ0v) is 20.5. The van der Waals surface area contributed by atoms with Gasteiger partial charge in [0.2, 0.25) is 0 Å². The van der Waals surface area contributed by atoms with Gasteiger partial charge in [0.05, 0.1) is 5.02 Å². The first kappa shape index (κ1) is 29.1. The minimum absolute atomic E-state index is 0.00436. The highest BCUT2D eigenvalue weighted by atomic mass is 35.5. The molecule has 0 aliphatic carbocycles. The molecular formula is C25H17ClF6O5S. The van der Waals surface area contributed by atoms with Crippen LogP contribution in [0.5, 0.6) is 17.2 Å². The van der Waals surface area contributed by atoms with E-state index >= 15 is 0 Å². The molecule has 202 valence electrons. The number of hydrogen-bond acceptors (Lipinski definition) is 5. The average molecular weight is 579 g/mol. The molecule has 0 heterocycles. The van der Waals surface area contributed by atoms with Crippen LogP contribution in [0.25, 0.3) is 5.57 Å². The van der Waals surface area contributed by atoms with Crippen molar-refractivity contribution in [3.8, 4) is 17.2 Å². The van der Waals surface area contributed by atoms with Crippen LogP contribution in [0, 0.1) is 0 Å². The summed E-state index contributed by atoms with van der Waals surface area (Å²) in [4.78, 5) is 11.2. The summed E-state index contributed by atoms with van der Waals surface area (Å²) in [6.45, 7) is -0.600. The number of hydrogen-bond donors (Lipinski definition) is 1. The normalized spacial score (nSPS) is 11.6. The Morgan fingerprint density at radius 1 is 0.842 bits per heavy atom. The van der Waals surface area contributed by atoms with Crippen molar-refractivity contribution >= 4 is 34.9 Å². The van der Waals surface area contributed by atoms with Crippen LogP contribution in [-0.2, 0) is 4.79 Å². The first-order valence-corrected chi connectivity index (χ1v) is 11.9. The molecular weight excluding hydrogens is 562 g/mol. The number of aliphatic carboxylic acids is 1. The van der Waals surface area contributed by atoms with Crippen LogP contribution in [-0.4, -0.2) is 36.2 Å². The average Bonchev–Trinajstić information content (AvgIpc) is 2.80. The van der Waals surface area contributed by atoms with E-state index in [1.165, 1.54) is 54.6 Å². The molecule has 0 amide bonds. The van der Waals surface area contributed by atoms with Crippen LogP contribution >= 0.6 is 23.4 Å². The van der Waals surface area contributed by atoms with Gasteiger partial charge in [-0.3, -0.25) is 0 Å². The highest BCUT2D eigenvalue weighted by Gasteiger charge is 2.34. The van der Waals surface area contributed by atoms with E-state index in [1.807, 2.05) is 0 Å². The number of halogens is 7. The van der Waals surface area contributed by atoms with Crippen LogP contribution in [0.4, 0.5) is 26.3 Å². The van der Waals surface area contributed by atoms with Crippen LogP contribution < -0.4 is 14.2 Å². The smallest absolute Gasteiger partial charge is 0.480 e. The minimum atomic E-state index is -5.04. The lowest BCUT2D eigenvalue weighted by Crippen LogP contribution is -2.19. The Hall–Kier alpha value is -3.51. The number of ether oxygens (including phenoxy) is 3. The monoisotopic (exact) mass is 578 g/mol. The third kappa shape index (κ3) is 8.80. The fourth-order valence-corrected chi connectivity index (χ4v) is 4.33. The van der Waals surface area contributed by atoms with Crippen molar-refractivity contribution in [3.05, 3.63) is 89.0 Å². The van der Waals surface area contributed by atoms with Gasteiger partial charge in [0.1, 0.15) is 17.2 Å². The van der Waals surface area contributed by atoms with Gasteiger partial charge in [-0.1, -0.05) is 54.1 Å². The highest BCUT2D eigenvalue weighted by molar-refractivity contribution is 7.99. The molecule has 0 unspecified atom stereocenters. The molecule has 38 heavy (non-hydrogen) atoms. The van der Waals surface area contributed by atoms with Crippen LogP contribution in [0.2, 0.25) is 5.02 Å². The fraction of sp³-hybridized carbons (Fsp3) is 0.160. The topological polar surface area (TPSA) is 65.0 Å². The highest BCUT2D eigenvalue weighted by Crippen LogP contribution is 2.40. The Kier molecular flexibility index (Phi) is 9.45. The SMILES string of the molecule is O=C(O)COc1ccc(SCC=C(c2ccccc2OC(F)(F)F)c2ccccc2OC(F)(F)F)cc1Cl. The Bertz CT molecular complexity index is 1250. The number of alkyl halides is 6. The number of carboxylic acids is 1. The second kappa shape index (κ2) is 12.4. The Balaban J connectivity index is 1.99. The molecule has 3 aromatic carbocycles. The fourth-order valence-electron chi connectivity index (χ4n) is 3.22. The Labute approximate surface area is 221 Å². The molecule has 0 spiro atoms. The maximum absolute atomic E-state index is 13.1. The van der Waals surface area contributed by atoms with Crippen molar-refractivity contribution in [1.29, 1.82) is 0 Å². The van der Waals surface area contributed by atoms with E-state index in [0.29, 0.717) is 4.90 Å². The maximum Gasteiger partial charge on any atom is 0.573 e. The van der Waals surface area contributed by atoms with Gasteiger partial charge in [-0.2, -0.15) is 0 Å². The lowest BCUT2D eigenvalue weighted by molar-refractivity contribution is -0.275. The molecule has 5 nitrogen and oxygen atoms in total. The van der Waals surface area contributed by atoms with Crippen LogP contribution in [0.15, 0.2) is 77.7 Å². The molecule has 0 fully saturated rings. The third-order valence-corrected chi connectivity index (χ3v) is 5.81. The van der Waals surface area contributed by atoms with Crippen molar-refractivity contribution in [2.45, 2.75) is 17.6 Å². The van der Waals surface area contributed by atoms with Gasteiger partial charge >= 0.3 is 18.7 Å². The number of benzene rings is 3. The van der Waals surface area contributed by atoms with Gasteiger partial charge in [-0.25, -0.2) is 4.79 Å². The molecule has 0 saturated carbocycles. The number of rotatable bonds is 10. The molecule has 13 heteroatoms. The first-order valence-electron chi connectivity index (χ1n) is 10.5. The number of carboxylic acid groups (broad SMARTS) is 1. The molecule has 3 aromatic rings. The lowest BCUT2D eigenvalue weighted by atomic mass is 9.96. The molecule has 0 aliphatic heterocycles. The lowest BCUT2D eigenvalue weighted by Gasteiger charge is -2.19. The van der Waals surface area contributed by atoms with E-state index in [2.05, 4.69) is 9.47 Å². The predicted octanol–water partition coefficient (Wildman–Crippen LogP) is 7.82. The zero-order valence-electron chi connectivity index (χ0n) is 19.0. The number of para-hydroxylation sites is 2. The third-order valence-electron chi connectivity index (χ3n) is 4.60. The summed E-state index contributed by atoms with van der Waals surface area (Å²) in [6, 6.07) is 14.6. The molecule has 0 radical (unpaired) electrons. The summed E-state index contributed by atoms with van der Waals surface area (Å²) >= 11 is 7.28. The second-order valence-corrected chi connectivity index (χ2v) is 8.79. The van der Waals surface area contributed by atoms with Crippen LogP contribution in [0.1, 0.15) is 11.1 Å². The largest absolute Gasteiger partial charge is 0.573 e. The Morgan fingerprint density at radius 2 is 1.37 bits per heavy atom. The molecule has 3 rings (SSSR count). The van der Waals surface area contributed by atoms with Crippen molar-refractivity contribution < 1.29 is 50.5 Å². The molecule has 0 bridgehead atoms. The van der Waals surface area contributed by atoms with Crippen molar-refractivity contribution in [1.82, 2.24) is 0 Å². The van der Waals surface area contributed by atoms with Gasteiger partial charge in [-0.05, 0) is 35.9 Å². The standard InChI is InChI=1S/C25H17ClF6O5S/c26-19-13-15(9-10-22(19)35-14-23(33)34)38-12-11-16(17-5-1-3-7-20(17)36-24(27,28)29)18-6-2-4-8-21(18)37-25(30,31)32/h1-11,13H,12,14H2,(H,33,34). The van der Waals surface area contributed by atoms with Crippen molar-refractivity contribution in [2.75, 3.05) is 12.4 Å². The second-order valence-electron chi connectivity index (χ2n) is 7.29. The summed E-state index contributed by atoms with van der Waals surface area (Å²) in [7, 11) is 0. The van der Waals surface area contributed by atoms with Gasteiger partial charge < -0.3 is 19.3 Å². The predicted molar refractivity (Wildman–Crippen MR) is 129 cm³/mol. The van der Waals surface area contributed by atoms with Crippen molar-refractivity contribution in [3.63, 3.8) is 0 Å². The van der Waals surface area contributed by atoms with Gasteiger partial charge in [0.25, 0.3) is 0 Å². The zero-order chi connectivity index (χ0) is 27.9. The molecule has 0 aromatic heterocycles. The summed E-state index contributed by atoms with van der Waals surface area (Å²) in [5.41, 5.74) is -0.220. The van der Waals surface area contributed by atoms with E-state index in [1.54, 1.807) is 6.07 Å². The van der Waals surface area contributed by atoms with Crippen LogP contribution in [0.3, 0.4) is 0 Å². The summed E-state index contributed by atoms with van der Waals surface area (Å²) in [5.74, 6) is -2.20. The van der Waals surface area contributed by atoms with Gasteiger partial charge in [0, 0.05) is 21.8 Å². The van der Waals surface area contributed by atoms with E-state index in [4.69, 9.17) is 21.4 Å². The van der Waals surface area contributed by atoms with E-state index in [9.17, 15) is 31.1 Å². The molecule has 0 atom stereocenters. The first-order chi connectivity index (χ1) is 17.8. The summed E-state index contributed by atoms with van der Waals surface area (Å²) < 4.78 is 91.6. The quantitative estimate of drug-likeness (QED) is 0.195. The molecule has 1 N–H and O–H groups in total. The maximum atomic E-state index is 13.1.